The topological polar surface area (TPSA) is 103 Å². The van der Waals surface area contributed by atoms with Gasteiger partial charge in [-0.15, -0.1) is 0 Å². The highest BCUT2D eigenvalue weighted by Crippen LogP contribution is 2.20. The molecule has 0 aliphatic rings. The molecule has 0 bridgehead atoms. The Morgan fingerprint density at radius 3 is 2.89 bits per heavy atom. The number of nitro groups is 1. The van der Waals surface area contributed by atoms with E-state index in [1.807, 2.05) is 6.07 Å². The van der Waals surface area contributed by atoms with E-state index in [9.17, 15) is 10.1 Å². The number of hydrogen-bond donors (Lipinski definition) is 1. The van der Waals surface area contributed by atoms with Crippen molar-refractivity contribution in [3.63, 3.8) is 0 Å². The lowest BCUT2D eigenvalue weighted by Crippen LogP contribution is -2.10. The van der Waals surface area contributed by atoms with Gasteiger partial charge in [-0.2, -0.15) is 23.0 Å². The van der Waals surface area contributed by atoms with Gasteiger partial charge >= 0.3 is 5.82 Å². The van der Waals surface area contributed by atoms with Gasteiger partial charge in [0, 0.05) is 6.20 Å². The first-order valence-electron chi connectivity index (χ1n) is 5.30. The predicted molar refractivity (Wildman–Crippen MR) is 68.5 cm³/mol. The Bertz CT molecular complexity index is 655. The second-order valence-corrected chi connectivity index (χ2v) is 4.45. The third-order valence-electron chi connectivity index (χ3n) is 2.65. The number of hydrogen-bond acceptors (Lipinski definition) is 6. The van der Waals surface area contributed by atoms with E-state index in [1.165, 1.54) is 21.6 Å². The minimum absolute atomic E-state index is 0.0753. The van der Waals surface area contributed by atoms with Crippen LogP contribution in [0.5, 0.6) is 0 Å². The summed E-state index contributed by atoms with van der Waals surface area (Å²) in [6.07, 6.45) is 4.57. The van der Waals surface area contributed by atoms with Crippen LogP contribution in [0.25, 0.3) is 0 Å². The van der Waals surface area contributed by atoms with E-state index >= 15 is 0 Å². The lowest BCUT2D eigenvalue weighted by Gasteiger charge is -2.08. The molecule has 0 radical (unpaired) electrons. The molecule has 0 aliphatic carbocycles. The molecule has 19 heavy (non-hydrogen) atoms. The Morgan fingerprint density at radius 1 is 1.63 bits per heavy atom. The molecule has 1 atom stereocenters. The van der Waals surface area contributed by atoms with Gasteiger partial charge in [0.05, 0.1) is 25.2 Å². The summed E-state index contributed by atoms with van der Waals surface area (Å²) >= 11 is 4.36. The molecule has 1 unspecified atom stereocenters. The highest BCUT2D eigenvalue weighted by molar-refractivity contribution is 7.80. The second-order valence-electron chi connectivity index (χ2n) is 3.85. The predicted octanol–water partition coefficient (Wildman–Crippen LogP) is 1.07. The molecule has 2 rings (SSSR count). The number of nitriles is 1. The molecule has 8 nitrogen and oxygen atoms in total. The standard InChI is InChI=1S/C10H10N6O2S/c1-14-8(12-5-9(14)16(17)18)2-10(19)15-6-7(3-11)4-13-15/h4-6,10,19H,2H2,1H3. The molecule has 0 spiro atoms. The molecule has 98 valence electrons. The second kappa shape index (κ2) is 5.11. The normalized spacial score (nSPS) is 12.1. The molecule has 9 heteroatoms. The van der Waals surface area contributed by atoms with Gasteiger partial charge in [0.25, 0.3) is 0 Å². The fourth-order valence-electron chi connectivity index (χ4n) is 1.61. The first kappa shape index (κ1) is 13.1. The highest BCUT2D eigenvalue weighted by atomic mass is 32.1. The summed E-state index contributed by atoms with van der Waals surface area (Å²) in [5.74, 6) is 0.453. The number of thiol groups is 1. The van der Waals surface area contributed by atoms with Crippen molar-refractivity contribution in [2.24, 2.45) is 7.05 Å². The van der Waals surface area contributed by atoms with Gasteiger partial charge < -0.3 is 10.1 Å². The van der Waals surface area contributed by atoms with Crippen LogP contribution in [0, 0.1) is 21.4 Å². The summed E-state index contributed by atoms with van der Waals surface area (Å²) in [6.45, 7) is 0. The quantitative estimate of drug-likeness (QED) is 0.512. The van der Waals surface area contributed by atoms with Crippen LogP contribution in [-0.4, -0.2) is 24.3 Å². The lowest BCUT2D eigenvalue weighted by atomic mass is 10.4. The van der Waals surface area contributed by atoms with E-state index in [2.05, 4.69) is 22.7 Å². The zero-order chi connectivity index (χ0) is 14.0. The maximum atomic E-state index is 10.7. The summed E-state index contributed by atoms with van der Waals surface area (Å²) in [5, 5.41) is 23.1. The van der Waals surface area contributed by atoms with Gasteiger partial charge in [-0.3, -0.25) is 4.68 Å². The molecular formula is C10H10N6O2S. The Morgan fingerprint density at radius 2 is 2.37 bits per heavy atom. The van der Waals surface area contributed by atoms with Gasteiger partial charge in [-0.1, -0.05) is 0 Å². The van der Waals surface area contributed by atoms with Crippen molar-refractivity contribution in [3.05, 3.63) is 40.1 Å². The average molecular weight is 278 g/mol. The van der Waals surface area contributed by atoms with Crippen LogP contribution >= 0.6 is 12.6 Å². The largest absolute Gasteiger partial charge is 0.358 e. The van der Waals surface area contributed by atoms with Crippen molar-refractivity contribution in [1.82, 2.24) is 19.3 Å². The van der Waals surface area contributed by atoms with E-state index in [1.54, 1.807) is 13.2 Å². The van der Waals surface area contributed by atoms with E-state index in [4.69, 9.17) is 5.26 Å². The molecule has 0 amide bonds. The van der Waals surface area contributed by atoms with Crippen LogP contribution in [-0.2, 0) is 13.5 Å². The highest BCUT2D eigenvalue weighted by Gasteiger charge is 2.19. The van der Waals surface area contributed by atoms with Gasteiger partial charge in [-0.05, 0) is 4.92 Å². The number of rotatable bonds is 4. The molecule has 0 N–H and O–H groups in total. The maximum absolute atomic E-state index is 10.7. The molecular weight excluding hydrogens is 268 g/mol. The third kappa shape index (κ3) is 2.58. The zero-order valence-electron chi connectivity index (χ0n) is 9.96. The van der Waals surface area contributed by atoms with Crippen molar-refractivity contribution in [3.8, 4) is 6.07 Å². The van der Waals surface area contributed by atoms with Crippen molar-refractivity contribution in [2.75, 3.05) is 0 Å². The van der Waals surface area contributed by atoms with Crippen LogP contribution in [0.4, 0.5) is 5.82 Å². The molecule has 2 aromatic heterocycles. The number of imidazole rings is 1. The molecule has 2 heterocycles. The minimum Gasteiger partial charge on any atom is -0.358 e. The molecule has 0 saturated heterocycles. The summed E-state index contributed by atoms with van der Waals surface area (Å²) in [6, 6.07) is 1.97. The molecule has 0 fully saturated rings. The van der Waals surface area contributed by atoms with E-state index in [0.717, 1.165) is 0 Å². The van der Waals surface area contributed by atoms with Crippen molar-refractivity contribution in [1.29, 1.82) is 5.26 Å². The molecule has 0 aliphatic heterocycles. The van der Waals surface area contributed by atoms with Crippen molar-refractivity contribution in [2.45, 2.75) is 11.8 Å². The first-order valence-corrected chi connectivity index (χ1v) is 5.82. The Labute approximate surface area is 113 Å². The molecule has 0 aromatic carbocycles. The molecule has 2 aromatic rings. The van der Waals surface area contributed by atoms with Gasteiger partial charge in [0.2, 0.25) is 0 Å². The fourth-order valence-corrected chi connectivity index (χ4v) is 1.90. The fraction of sp³-hybridized carbons (Fsp3) is 0.300. The van der Waals surface area contributed by atoms with Crippen LogP contribution in [0.15, 0.2) is 18.6 Å². The summed E-state index contributed by atoms with van der Waals surface area (Å²) < 4.78 is 2.92. The van der Waals surface area contributed by atoms with Crippen LogP contribution in [0.2, 0.25) is 0 Å². The van der Waals surface area contributed by atoms with E-state index in [-0.39, 0.29) is 11.2 Å². The number of aromatic nitrogens is 4. The summed E-state index contributed by atoms with van der Waals surface area (Å²) in [4.78, 5) is 14.2. The number of nitrogens with zero attached hydrogens (tertiary/aromatic N) is 6. The third-order valence-corrected chi connectivity index (χ3v) is 3.07. The monoisotopic (exact) mass is 278 g/mol. The SMILES string of the molecule is Cn1c([N+](=O)[O-])cnc1CC(S)n1cc(C#N)cn1. The first-order chi connectivity index (χ1) is 9.02. The van der Waals surface area contributed by atoms with Crippen molar-refractivity contribution >= 4 is 18.4 Å². The van der Waals surface area contributed by atoms with E-state index in [0.29, 0.717) is 17.8 Å². The average Bonchev–Trinajstić information content (AvgIpc) is 2.97. The van der Waals surface area contributed by atoms with Crippen molar-refractivity contribution < 1.29 is 4.92 Å². The minimum atomic E-state index is -0.494. The van der Waals surface area contributed by atoms with Crippen LogP contribution in [0.3, 0.4) is 0 Å². The Kier molecular flexibility index (Phi) is 3.52. The van der Waals surface area contributed by atoms with E-state index < -0.39 is 4.92 Å². The maximum Gasteiger partial charge on any atom is 0.342 e. The van der Waals surface area contributed by atoms with Gasteiger partial charge in [-0.25, -0.2) is 9.55 Å². The summed E-state index contributed by atoms with van der Waals surface area (Å²) in [7, 11) is 1.57. The smallest absolute Gasteiger partial charge is 0.342 e. The lowest BCUT2D eigenvalue weighted by molar-refractivity contribution is -0.391. The van der Waals surface area contributed by atoms with Crippen LogP contribution < -0.4 is 0 Å². The zero-order valence-corrected chi connectivity index (χ0v) is 10.9. The molecule has 0 saturated carbocycles. The van der Waals surface area contributed by atoms with Gasteiger partial charge in [0.1, 0.15) is 17.6 Å². The van der Waals surface area contributed by atoms with Crippen LogP contribution in [0.1, 0.15) is 16.8 Å². The Hall–Kier alpha value is -2.34. The summed E-state index contributed by atoms with van der Waals surface area (Å²) in [5.41, 5.74) is 0.435. The van der Waals surface area contributed by atoms with Gasteiger partial charge in [0.15, 0.2) is 5.82 Å². The Balaban J connectivity index is 2.17.